The van der Waals surface area contributed by atoms with Crippen molar-refractivity contribution in [1.82, 2.24) is 4.90 Å². The number of nitrogens with zero attached hydrogens (tertiary/aromatic N) is 3. The molecule has 1 heterocycles. The van der Waals surface area contributed by atoms with Crippen LogP contribution in [0.25, 0.3) is 0 Å². The number of nitrogens with two attached hydrogens (primary N) is 1. The Hall–Kier alpha value is -3.74. The molecule has 0 spiro atoms. The number of hydrogen-bond donors (Lipinski definition) is 2. The van der Waals surface area contributed by atoms with E-state index in [2.05, 4.69) is 5.32 Å². The summed E-state index contributed by atoms with van der Waals surface area (Å²) in [7, 11) is 0. The van der Waals surface area contributed by atoms with Crippen LogP contribution >= 0.6 is 0 Å². The lowest BCUT2D eigenvalue weighted by atomic mass is 10.0. The number of alkyl halides is 3. The SMILES string of the molecule is Cc1ccc(NC(=O)N2CCN(c3ccc(C#N)c(C(F)(F)F)c3)C(C(N)=O)C2)cc1C. The van der Waals surface area contributed by atoms with Crippen molar-refractivity contribution in [2.75, 3.05) is 29.9 Å². The average molecular weight is 445 g/mol. The highest BCUT2D eigenvalue weighted by molar-refractivity contribution is 5.91. The first-order chi connectivity index (χ1) is 15.0. The lowest BCUT2D eigenvalue weighted by molar-refractivity contribution is -0.137. The number of aryl methyl sites for hydroxylation is 2. The summed E-state index contributed by atoms with van der Waals surface area (Å²) in [4.78, 5) is 27.6. The molecule has 2 aromatic rings. The van der Waals surface area contributed by atoms with Crippen molar-refractivity contribution in [2.24, 2.45) is 5.73 Å². The van der Waals surface area contributed by atoms with Gasteiger partial charge in [0, 0.05) is 24.5 Å². The molecular weight excluding hydrogens is 423 g/mol. The molecule has 1 aliphatic heterocycles. The van der Waals surface area contributed by atoms with Gasteiger partial charge < -0.3 is 20.9 Å². The first kappa shape index (κ1) is 22.9. The molecule has 3 amide bonds. The molecule has 168 valence electrons. The molecule has 2 aromatic carbocycles. The molecule has 3 N–H and O–H groups in total. The summed E-state index contributed by atoms with van der Waals surface area (Å²) >= 11 is 0. The van der Waals surface area contributed by atoms with Gasteiger partial charge in [0.1, 0.15) is 6.04 Å². The zero-order valence-electron chi connectivity index (χ0n) is 17.5. The summed E-state index contributed by atoms with van der Waals surface area (Å²) in [5.74, 6) is -0.772. The predicted octanol–water partition coefficient (Wildman–Crippen LogP) is 3.40. The summed E-state index contributed by atoms with van der Waals surface area (Å²) < 4.78 is 40.0. The van der Waals surface area contributed by atoms with Gasteiger partial charge in [-0.15, -0.1) is 0 Å². The van der Waals surface area contributed by atoms with E-state index in [1.165, 1.54) is 21.9 Å². The lowest BCUT2D eigenvalue weighted by Crippen LogP contribution is -2.60. The number of primary amides is 1. The van der Waals surface area contributed by atoms with Gasteiger partial charge in [0.2, 0.25) is 5.91 Å². The molecule has 32 heavy (non-hydrogen) atoms. The number of halogens is 3. The number of rotatable bonds is 3. The molecule has 0 aliphatic carbocycles. The number of piperazine rings is 1. The second-order valence-electron chi connectivity index (χ2n) is 7.63. The number of carbonyl (C=O) groups excluding carboxylic acids is 2. The van der Waals surface area contributed by atoms with Crippen LogP contribution in [0, 0.1) is 25.2 Å². The number of benzene rings is 2. The molecule has 1 saturated heterocycles. The summed E-state index contributed by atoms with van der Waals surface area (Å²) in [5, 5.41) is 11.8. The van der Waals surface area contributed by atoms with Gasteiger partial charge in [0.25, 0.3) is 0 Å². The van der Waals surface area contributed by atoms with Crippen molar-refractivity contribution in [1.29, 1.82) is 5.26 Å². The quantitative estimate of drug-likeness (QED) is 0.756. The van der Waals surface area contributed by atoms with E-state index in [4.69, 9.17) is 11.0 Å². The maximum atomic E-state index is 13.3. The van der Waals surface area contributed by atoms with Crippen molar-refractivity contribution in [3.05, 3.63) is 58.7 Å². The molecule has 1 unspecified atom stereocenters. The Bertz CT molecular complexity index is 1090. The van der Waals surface area contributed by atoms with Crippen molar-refractivity contribution >= 4 is 23.3 Å². The zero-order valence-corrected chi connectivity index (χ0v) is 17.5. The van der Waals surface area contributed by atoms with Crippen LogP contribution < -0.4 is 16.0 Å². The molecule has 0 radical (unpaired) electrons. The van der Waals surface area contributed by atoms with E-state index < -0.39 is 35.3 Å². The number of nitrogens with one attached hydrogen (secondary N) is 1. The number of urea groups is 1. The van der Waals surface area contributed by atoms with E-state index >= 15 is 0 Å². The molecule has 1 atom stereocenters. The van der Waals surface area contributed by atoms with Crippen LogP contribution in [0.3, 0.4) is 0 Å². The van der Waals surface area contributed by atoms with Crippen LogP contribution in [-0.4, -0.2) is 42.5 Å². The van der Waals surface area contributed by atoms with Crippen LogP contribution in [0.15, 0.2) is 36.4 Å². The fourth-order valence-corrected chi connectivity index (χ4v) is 3.58. The largest absolute Gasteiger partial charge is 0.417 e. The maximum absolute atomic E-state index is 13.3. The fraction of sp³-hybridized carbons (Fsp3) is 0.318. The van der Waals surface area contributed by atoms with Gasteiger partial charge in [-0.05, 0) is 55.3 Å². The van der Waals surface area contributed by atoms with E-state index in [0.29, 0.717) is 5.69 Å². The number of anilines is 2. The van der Waals surface area contributed by atoms with E-state index in [1.807, 2.05) is 26.0 Å². The number of nitriles is 1. The van der Waals surface area contributed by atoms with Crippen LogP contribution in [0.4, 0.5) is 29.3 Å². The second kappa shape index (κ2) is 8.78. The lowest BCUT2D eigenvalue weighted by Gasteiger charge is -2.41. The molecular formula is C22H22F3N5O2. The summed E-state index contributed by atoms with van der Waals surface area (Å²) in [5.41, 5.74) is 6.69. The Kier molecular flexibility index (Phi) is 6.30. The molecule has 1 aliphatic rings. The van der Waals surface area contributed by atoms with Crippen molar-refractivity contribution in [3.63, 3.8) is 0 Å². The smallest absolute Gasteiger partial charge is 0.368 e. The zero-order chi connectivity index (χ0) is 23.6. The second-order valence-corrected chi connectivity index (χ2v) is 7.63. The third-order valence-corrected chi connectivity index (χ3v) is 5.51. The minimum absolute atomic E-state index is 0.0899. The summed E-state index contributed by atoms with van der Waals surface area (Å²) in [6, 6.07) is 8.76. The van der Waals surface area contributed by atoms with Crippen LogP contribution in [-0.2, 0) is 11.0 Å². The standard InChI is InChI=1S/C22H22F3N5O2/c1-13-3-5-16(9-14(13)2)28-21(32)29-7-8-30(19(12-29)20(27)31)17-6-4-15(11-26)18(10-17)22(23,24)25/h3-6,9-10,19H,7-8,12H2,1-2H3,(H2,27,31)(H,28,32). The van der Waals surface area contributed by atoms with Crippen molar-refractivity contribution in [2.45, 2.75) is 26.1 Å². The molecule has 0 saturated carbocycles. The number of amides is 3. The Balaban J connectivity index is 1.81. The van der Waals surface area contributed by atoms with Crippen molar-refractivity contribution in [3.8, 4) is 6.07 Å². The average Bonchev–Trinajstić information content (AvgIpc) is 2.74. The highest BCUT2D eigenvalue weighted by Crippen LogP contribution is 2.35. The minimum atomic E-state index is -4.73. The fourth-order valence-electron chi connectivity index (χ4n) is 3.58. The van der Waals surface area contributed by atoms with E-state index in [-0.39, 0.29) is 25.3 Å². The van der Waals surface area contributed by atoms with E-state index in [0.717, 1.165) is 23.3 Å². The summed E-state index contributed by atoms with van der Waals surface area (Å²) in [6.45, 7) is 4.04. The number of carbonyl (C=O) groups is 2. The van der Waals surface area contributed by atoms with Crippen molar-refractivity contribution < 1.29 is 22.8 Å². The third-order valence-electron chi connectivity index (χ3n) is 5.51. The molecule has 7 nitrogen and oxygen atoms in total. The van der Waals surface area contributed by atoms with Gasteiger partial charge >= 0.3 is 12.2 Å². The molecule has 1 fully saturated rings. The first-order valence-electron chi connectivity index (χ1n) is 9.81. The van der Waals surface area contributed by atoms with Crippen LogP contribution in [0.1, 0.15) is 22.3 Å². The predicted molar refractivity (Wildman–Crippen MR) is 113 cm³/mol. The third kappa shape index (κ3) is 4.77. The minimum Gasteiger partial charge on any atom is -0.368 e. The van der Waals surface area contributed by atoms with Gasteiger partial charge in [0.05, 0.1) is 23.7 Å². The van der Waals surface area contributed by atoms with Gasteiger partial charge in [-0.1, -0.05) is 6.07 Å². The first-order valence-corrected chi connectivity index (χ1v) is 9.81. The Morgan fingerprint density at radius 2 is 1.84 bits per heavy atom. The maximum Gasteiger partial charge on any atom is 0.417 e. The normalized spacial score (nSPS) is 16.4. The molecule has 10 heteroatoms. The number of hydrogen-bond acceptors (Lipinski definition) is 4. The summed E-state index contributed by atoms with van der Waals surface area (Å²) in [6.07, 6.45) is -4.73. The topological polar surface area (TPSA) is 102 Å². The van der Waals surface area contributed by atoms with Gasteiger partial charge in [0.15, 0.2) is 0 Å². The van der Waals surface area contributed by atoms with Crippen LogP contribution in [0.2, 0.25) is 0 Å². The Morgan fingerprint density at radius 3 is 2.44 bits per heavy atom. The molecule has 0 bridgehead atoms. The van der Waals surface area contributed by atoms with Gasteiger partial charge in [-0.3, -0.25) is 4.79 Å². The van der Waals surface area contributed by atoms with Gasteiger partial charge in [-0.25, -0.2) is 4.79 Å². The molecule has 0 aromatic heterocycles. The highest BCUT2D eigenvalue weighted by atomic mass is 19.4. The van der Waals surface area contributed by atoms with E-state index in [1.54, 1.807) is 6.07 Å². The Morgan fingerprint density at radius 1 is 1.12 bits per heavy atom. The Labute approximate surface area is 183 Å². The highest BCUT2D eigenvalue weighted by Gasteiger charge is 2.37. The van der Waals surface area contributed by atoms with Gasteiger partial charge in [-0.2, -0.15) is 18.4 Å². The molecule has 3 rings (SSSR count). The van der Waals surface area contributed by atoms with Crippen LogP contribution in [0.5, 0.6) is 0 Å². The van der Waals surface area contributed by atoms with E-state index in [9.17, 15) is 22.8 Å². The monoisotopic (exact) mass is 445 g/mol.